The van der Waals surface area contributed by atoms with Crippen molar-refractivity contribution in [2.75, 3.05) is 24.3 Å². The van der Waals surface area contributed by atoms with Crippen LogP contribution in [0.15, 0.2) is 35.7 Å². The van der Waals surface area contributed by atoms with Crippen molar-refractivity contribution >= 4 is 40.5 Å². The van der Waals surface area contributed by atoms with Crippen molar-refractivity contribution in [1.82, 2.24) is 4.90 Å². The Hall–Kier alpha value is -2.71. The Kier molecular flexibility index (Phi) is 4.22. The normalized spacial score (nSPS) is 27.6. The Morgan fingerprint density at radius 3 is 2.97 bits per heavy atom. The van der Waals surface area contributed by atoms with Crippen LogP contribution in [0.4, 0.5) is 11.4 Å². The average Bonchev–Trinajstić information content (AvgIpc) is 3.47. The second kappa shape index (κ2) is 6.67. The van der Waals surface area contributed by atoms with E-state index in [4.69, 9.17) is 4.74 Å². The molecular formula is C21H21N3O4S. The van der Waals surface area contributed by atoms with Gasteiger partial charge in [-0.3, -0.25) is 14.5 Å². The van der Waals surface area contributed by atoms with Gasteiger partial charge in [0.15, 0.2) is 0 Å². The summed E-state index contributed by atoms with van der Waals surface area (Å²) >= 11 is 1.22. The fourth-order valence-corrected chi connectivity index (χ4v) is 6.02. The van der Waals surface area contributed by atoms with E-state index in [2.05, 4.69) is 15.5 Å². The number of esters is 1. The molecule has 2 amide bonds. The zero-order valence-corrected chi connectivity index (χ0v) is 16.8. The maximum absolute atomic E-state index is 13.5. The van der Waals surface area contributed by atoms with Crippen molar-refractivity contribution in [3.8, 4) is 0 Å². The molecule has 7 nitrogen and oxygen atoms in total. The summed E-state index contributed by atoms with van der Waals surface area (Å²) in [6.45, 7) is 0.794. The topological polar surface area (TPSA) is 87.7 Å². The van der Waals surface area contributed by atoms with Crippen LogP contribution in [0.25, 0.3) is 0 Å². The number of ether oxygens (including phenoxy) is 1. The number of carbonyl (C=O) groups excluding carboxylic acids is 3. The van der Waals surface area contributed by atoms with Crippen LogP contribution in [0, 0.1) is 5.92 Å². The minimum atomic E-state index is -0.997. The van der Waals surface area contributed by atoms with Crippen molar-refractivity contribution in [3.63, 3.8) is 0 Å². The number of hydrogen-bond donors (Lipinski definition) is 2. The predicted octanol–water partition coefficient (Wildman–Crippen LogP) is 2.81. The van der Waals surface area contributed by atoms with Crippen molar-refractivity contribution in [1.29, 1.82) is 0 Å². The monoisotopic (exact) mass is 411 g/mol. The Labute approximate surface area is 172 Å². The van der Waals surface area contributed by atoms with Gasteiger partial charge in [0.25, 0.3) is 0 Å². The van der Waals surface area contributed by atoms with Crippen molar-refractivity contribution < 1.29 is 19.1 Å². The Morgan fingerprint density at radius 1 is 1.31 bits per heavy atom. The zero-order valence-electron chi connectivity index (χ0n) is 15.9. The van der Waals surface area contributed by atoms with E-state index in [-0.39, 0.29) is 17.9 Å². The van der Waals surface area contributed by atoms with Crippen LogP contribution in [0.2, 0.25) is 0 Å². The molecule has 5 rings (SSSR count). The third kappa shape index (κ3) is 2.49. The molecule has 3 aliphatic heterocycles. The molecule has 2 N–H and O–H groups in total. The molecule has 2 saturated heterocycles. The Morgan fingerprint density at radius 2 is 2.14 bits per heavy atom. The number of benzene rings is 1. The first-order chi connectivity index (χ1) is 14.1. The average molecular weight is 411 g/mol. The van der Waals surface area contributed by atoms with Crippen LogP contribution >= 0.6 is 11.3 Å². The molecule has 0 bridgehead atoms. The number of rotatable bonds is 3. The van der Waals surface area contributed by atoms with Crippen LogP contribution in [-0.2, 0) is 19.9 Å². The molecule has 0 unspecified atom stereocenters. The third-order valence-corrected chi connectivity index (χ3v) is 7.28. The van der Waals surface area contributed by atoms with Crippen LogP contribution in [0.1, 0.15) is 34.5 Å². The first-order valence-corrected chi connectivity index (χ1v) is 10.6. The van der Waals surface area contributed by atoms with E-state index in [1.54, 1.807) is 11.4 Å². The SMILES string of the molecule is COC(=O)c1sccc1NC(=O)[C@H]1C[C@H]2CCCN2[C@]12C(=O)Nc1ccccc12. The number of nitrogens with zero attached hydrogens (tertiary/aromatic N) is 1. The lowest BCUT2D eigenvalue weighted by Crippen LogP contribution is -2.53. The van der Waals surface area contributed by atoms with Crippen LogP contribution in [-0.4, -0.2) is 42.4 Å². The van der Waals surface area contributed by atoms with Gasteiger partial charge in [-0.05, 0) is 43.3 Å². The lowest BCUT2D eigenvalue weighted by Gasteiger charge is -2.36. The number of thiophene rings is 1. The van der Waals surface area contributed by atoms with Gasteiger partial charge in [0.05, 0.1) is 18.7 Å². The largest absolute Gasteiger partial charge is 0.465 e. The molecule has 0 radical (unpaired) electrons. The minimum Gasteiger partial charge on any atom is -0.465 e. The molecule has 1 aromatic heterocycles. The fourth-order valence-electron chi connectivity index (χ4n) is 5.26. The second-order valence-electron chi connectivity index (χ2n) is 7.69. The quantitative estimate of drug-likeness (QED) is 0.759. The summed E-state index contributed by atoms with van der Waals surface area (Å²) in [5.74, 6) is -1.40. The number of carbonyl (C=O) groups is 3. The van der Waals surface area contributed by atoms with Crippen LogP contribution in [0.3, 0.4) is 0 Å². The third-order valence-electron chi connectivity index (χ3n) is 6.38. The molecular weight excluding hydrogens is 390 g/mol. The lowest BCUT2D eigenvalue weighted by atomic mass is 9.78. The highest BCUT2D eigenvalue weighted by Gasteiger charge is 2.65. The fraction of sp³-hybridized carbons (Fsp3) is 0.381. The molecule has 2 fully saturated rings. The molecule has 2 aromatic rings. The Balaban J connectivity index is 1.55. The van der Waals surface area contributed by atoms with Gasteiger partial charge >= 0.3 is 5.97 Å². The van der Waals surface area contributed by atoms with Gasteiger partial charge in [0.2, 0.25) is 11.8 Å². The highest BCUT2D eigenvalue weighted by atomic mass is 32.1. The van der Waals surface area contributed by atoms with Gasteiger partial charge in [-0.2, -0.15) is 0 Å². The minimum absolute atomic E-state index is 0.137. The van der Waals surface area contributed by atoms with Crippen molar-refractivity contribution in [2.45, 2.75) is 30.8 Å². The molecule has 1 spiro atoms. The van der Waals surface area contributed by atoms with E-state index in [0.717, 1.165) is 30.6 Å². The molecule has 0 saturated carbocycles. The standard InChI is InChI=1S/C21H21N3O4S/c1-28-19(26)17-16(8-10-29-17)22-18(25)14-11-12-5-4-9-24(12)21(14)13-6-2-3-7-15(13)23-20(21)27/h2-3,6-8,10,12,14H,4-5,9,11H2,1H3,(H,22,25)(H,23,27)/t12-,14-,21+/m1/s1. The molecule has 3 atom stereocenters. The van der Waals surface area contributed by atoms with Gasteiger partial charge in [0, 0.05) is 17.3 Å². The summed E-state index contributed by atoms with van der Waals surface area (Å²) in [6.07, 6.45) is 2.62. The summed E-state index contributed by atoms with van der Waals surface area (Å²) in [7, 11) is 1.31. The maximum atomic E-state index is 13.5. The van der Waals surface area contributed by atoms with E-state index in [1.807, 2.05) is 24.3 Å². The Bertz CT molecular complexity index is 1020. The number of nitrogens with one attached hydrogen (secondary N) is 2. The summed E-state index contributed by atoms with van der Waals surface area (Å²) < 4.78 is 4.81. The molecule has 4 heterocycles. The number of amides is 2. The van der Waals surface area contributed by atoms with Gasteiger partial charge < -0.3 is 15.4 Å². The summed E-state index contributed by atoms with van der Waals surface area (Å²) in [5, 5.41) is 7.63. The van der Waals surface area contributed by atoms with E-state index in [1.165, 1.54) is 18.4 Å². The first kappa shape index (κ1) is 18.3. The van der Waals surface area contributed by atoms with Gasteiger partial charge in [-0.25, -0.2) is 4.79 Å². The van der Waals surface area contributed by atoms with Gasteiger partial charge in [-0.1, -0.05) is 18.2 Å². The van der Waals surface area contributed by atoms with Crippen LogP contribution < -0.4 is 10.6 Å². The van der Waals surface area contributed by atoms with E-state index >= 15 is 0 Å². The number of hydrogen-bond acceptors (Lipinski definition) is 6. The number of para-hydroxylation sites is 1. The van der Waals surface area contributed by atoms with E-state index in [0.29, 0.717) is 17.0 Å². The van der Waals surface area contributed by atoms with Crippen molar-refractivity contribution in [2.24, 2.45) is 5.92 Å². The molecule has 1 aromatic carbocycles. The highest BCUT2D eigenvalue weighted by molar-refractivity contribution is 7.12. The van der Waals surface area contributed by atoms with E-state index in [9.17, 15) is 14.4 Å². The zero-order chi connectivity index (χ0) is 20.2. The summed E-state index contributed by atoms with van der Waals surface area (Å²) in [6, 6.07) is 9.52. The second-order valence-corrected chi connectivity index (χ2v) is 8.60. The molecule has 8 heteroatoms. The molecule has 29 heavy (non-hydrogen) atoms. The van der Waals surface area contributed by atoms with Crippen LogP contribution in [0.5, 0.6) is 0 Å². The van der Waals surface area contributed by atoms with Gasteiger partial charge in [-0.15, -0.1) is 11.3 Å². The summed E-state index contributed by atoms with van der Waals surface area (Å²) in [5.41, 5.74) is 1.07. The van der Waals surface area contributed by atoms with E-state index < -0.39 is 17.4 Å². The number of methoxy groups -OCH3 is 1. The predicted molar refractivity (Wildman–Crippen MR) is 109 cm³/mol. The molecule has 3 aliphatic rings. The lowest BCUT2D eigenvalue weighted by molar-refractivity contribution is -0.135. The summed E-state index contributed by atoms with van der Waals surface area (Å²) in [4.78, 5) is 41.3. The number of fused-ring (bicyclic) bond motifs is 4. The first-order valence-electron chi connectivity index (χ1n) is 9.71. The smallest absolute Gasteiger partial charge is 0.350 e. The van der Waals surface area contributed by atoms with Crippen molar-refractivity contribution in [3.05, 3.63) is 46.2 Å². The highest BCUT2D eigenvalue weighted by Crippen LogP contribution is 2.55. The van der Waals surface area contributed by atoms with Gasteiger partial charge in [0.1, 0.15) is 10.4 Å². The molecule has 150 valence electrons. The number of anilines is 2. The maximum Gasteiger partial charge on any atom is 0.350 e. The molecule has 0 aliphatic carbocycles.